The summed E-state index contributed by atoms with van der Waals surface area (Å²) in [5.41, 5.74) is 7.48. The highest BCUT2D eigenvalue weighted by atomic mass is 32.1. The van der Waals surface area contributed by atoms with Crippen LogP contribution < -0.4 is 11.1 Å². The fourth-order valence-corrected chi connectivity index (χ4v) is 2.53. The second kappa shape index (κ2) is 5.46. The number of hydrogen-bond donors (Lipinski definition) is 2. The summed E-state index contributed by atoms with van der Waals surface area (Å²) < 4.78 is 0. The van der Waals surface area contributed by atoms with Gasteiger partial charge in [0.05, 0.1) is 6.04 Å². The molecule has 0 fully saturated rings. The Balaban J connectivity index is 2.07. The number of aromatic nitrogens is 1. The number of rotatable bonds is 4. The fourth-order valence-electron chi connectivity index (χ4n) is 1.61. The van der Waals surface area contributed by atoms with Gasteiger partial charge >= 0.3 is 0 Å². The first-order valence-electron chi connectivity index (χ1n) is 5.65. The number of thiazole rings is 1. The van der Waals surface area contributed by atoms with Gasteiger partial charge in [-0.3, -0.25) is 0 Å². The molecule has 1 aromatic heterocycles. The summed E-state index contributed by atoms with van der Waals surface area (Å²) >= 11 is 6.63. The summed E-state index contributed by atoms with van der Waals surface area (Å²) in [6.07, 6.45) is 1.90. The molecule has 94 valence electrons. The summed E-state index contributed by atoms with van der Waals surface area (Å²) in [6.45, 7) is 4.16. The lowest BCUT2D eigenvalue weighted by atomic mass is 10.2. The van der Waals surface area contributed by atoms with E-state index in [1.165, 1.54) is 4.88 Å². The van der Waals surface area contributed by atoms with Crippen molar-refractivity contribution in [2.24, 2.45) is 5.73 Å². The van der Waals surface area contributed by atoms with E-state index in [2.05, 4.69) is 24.1 Å². The third-order valence-electron chi connectivity index (χ3n) is 2.56. The smallest absolute Gasteiger partial charge is 0.115 e. The molecule has 3 N–H and O–H groups in total. The van der Waals surface area contributed by atoms with E-state index in [4.69, 9.17) is 18.0 Å². The van der Waals surface area contributed by atoms with E-state index in [1.807, 2.05) is 30.5 Å². The maximum atomic E-state index is 5.56. The number of nitrogens with two attached hydrogens (primary N) is 1. The molecule has 1 heterocycles. The fraction of sp³-hybridized carbons (Fsp3) is 0.231. The first kappa shape index (κ1) is 13.0. The number of anilines is 1. The molecule has 0 aliphatic heterocycles. The standard InChI is InChI=1S/C13H15N3S2/c1-8-7-15-13(18-8)9(2)16-11-5-3-10(4-6-11)12(14)17/h3-7,9,16H,1-2H3,(H2,14,17). The molecular formula is C13H15N3S2. The molecule has 0 saturated carbocycles. The summed E-state index contributed by atoms with van der Waals surface area (Å²) in [6, 6.07) is 7.99. The maximum Gasteiger partial charge on any atom is 0.115 e. The van der Waals surface area contributed by atoms with Crippen molar-refractivity contribution in [3.63, 3.8) is 0 Å². The van der Waals surface area contributed by atoms with Gasteiger partial charge in [0.15, 0.2) is 0 Å². The van der Waals surface area contributed by atoms with Crippen molar-refractivity contribution >= 4 is 34.2 Å². The monoisotopic (exact) mass is 277 g/mol. The summed E-state index contributed by atoms with van der Waals surface area (Å²) in [5, 5.41) is 4.49. The van der Waals surface area contributed by atoms with Crippen LogP contribution >= 0.6 is 23.6 Å². The number of hydrogen-bond acceptors (Lipinski definition) is 4. The predicted octanol–water partition coefficient (Wildman–Crippen LogP) is 3.26. The van der Waals surface area contributed by atoms with E-state index < -0.39 is 0 Å². The SMILES string of the molecule is Cc1cnc(C(C)Nc2ccc(C(N)=S)cc2)s1. The van der Waals surface area contributed by atoms with Crippen LogP contribution in [0.25, 0.3) is 0 Å². The van der Waals surface area contributed by atoms with Crippen molar-refractivity contribution < 1.29 is 0 Å². The van der Waals surface area contributed by atoms with E-state index in [-0.39, 0.29) is 6.04 Å². The van der Waals surface area contributed by atoms with Gasteiger partial charge in [-0.25, -0.2) is 4.98 Å². The highest BCUT2D eigenvalue weighted by molar-refractivity contribution is 7.80. The van der Waals surface area contributed by atoms with Crippen molar-refractivity contribution in [2.75, 3.05) is 5.32 Å². The third kappa shape index (κ3) is 3.05. The zero-order valence-electron chi connectivity index (χ0n) is 10.3. The van der Waals surface area contributed by atoms with Crippen molar-refractivity contribution in [2.45, 2.75) is 19.9 Å². The third-order valence-corrected chi connectivity index (χ3v) is 3.89. The van der Waals surface area contributed by atoms with Gasteiger partial charge in [0, 0.05) is 22.3 Å². The minimum atomic E-state index is 0.194. The molecule has 2 rings (SSSR count). The van der Waals surface area contributed by atoms with E-state index >= 15 is 0 Å². The molecule has 0 aliphatic rings. The molecule has 2 aromatic rings. The van der Waals surface area contributed by atoms with Crippen LogP contribution in [0.2, 0.25) is 0 Å². The number of benzene rings is 1. The molecule has 0 radical (unpaired) electrons. The van der Waals surface area contributed by atoms with Gasteiger partial charge in [0.25, 0.3) is 0 Å². The molecule has 0 aliphatic carbocycles. The number of aryl methyl sites for hydroxylation is 1. The van der Waals surface area contributed by atoms with E-state index in [0.29, 0.717) is 4.99 Å². The van der Waals surface area contributed by atoms with Crippen LogP contribution in [0.4, 0.5) is 5.69 Å². The Morgan fingerprint density at radius 2 is 2.06 bits per heavy atom. The summed E-state index contributed by atoms with van der Waals surface area (Å²) in [7, 11) is 0. The van der Waals surface area contributed by atoms with Crippen molar-refractivity contribution in [3.05, 3.63) is 45.9 Å². The Bertz CT molecular complexity index is 546. The normalized spacial score (nSPS) is 12.1. The van der Waals surface area contributed by atoms with Crippen LogP contribution in [0.15, 0.2) is 30.5 Å². The highest BCUT2D eigenvalue weighted by Crippen LogP contribution is 2.23. The zero-order valence-corrected chi connectivity index (χ0v) is 11.9. The Hall–Kier alpha value is -1.46. The maximum absolute atomic E-state index is 5.56. The molecule has 18 heavy (non-hydrogen) atoms. The molecule has 1 aromatic carbocycles. The van der Waals surface area contributed by atoms with Crippen LogP contribution in [0.5, 0.6) is 0 Å². The lowest BCUT2D eigenvalue weighted by Crippen LogP contribution is -2.10. The van der Waals surface area contributed by atoms with E-state index in [0.717, 1.165) is 16.3 Å². The quantitative estimate of drug-likeness (QED) is 0.842. The molecule has 1 unspecified atom stereocenters. The van der Waals surface area contributed by atoms with Gasteiger partial charge in [-0.1, -0.05) is 12.2 Å². The Kier molecular flexibility index (Phi) is 3.93. The second-order valence-corrected chi connectivity index (χ2v) is 5.82. The summed E-state index contributed by atoms with van der Waals surface area (Å²) in [5.74, 6) is 0. The van der Waals surface area contributed by atoms with Crippen LogP contribution in [-0.4, -0.2) is 9.97 Å². The lowest BCUT2D eigenvalue weighted by molar-refractivity contribution is 0.870. The minimum Gasteiger partial charge on any atom is -0.389 e. The van der Waals surface area contributed by atoms with Crippen LogP contribution in [0.1, 0.15) is 28.4 Å². The number of thiocarbonyl (C=S) groups is 1. The number of nitrogens with zero attached hydrogens (tertiary/aromatic N) is 1. The van der Waals surface area contributed by atoms with Gasteiger partial charge in [0.2, 0.25) is 0 Å². The molecule has 5 heteroatoms. The van der Waals surface area contributed by atoms with Gasteiger partial charge in [-0.05, 0) is 38.1 Å². The van der Waals surface area contributed by atoms with Gasteiger partial charge < -0.3 is 11.1 Å². The first-order valence-corrected chi connectivity index (χ1v) is 6.87. The van der Waals surface area contributed by atoms with E-state index in [9.17, 15) is 0 Å². The van der Waals surface area contributed by atoms with Crippen molar-refractivity contribution in [3.8, 4) is 0 Å². The predicted molar refractivity (Wildman–Crippen MR) is 81.2 cm³/mol. The average molecular weight is 277 g/mol. The Morgan fingerprint density at radius 1 is 1.39 bits per heavy atom. The molecule has 0 amide bonds. The van der Waals surface area contributed by atoms with E-state index in [1.54, 1.807) is 11.3 Å². The van der Waals surface area contributed by atoms with Gasteiger partial charge in [0.1, 0.15) is 10.00 Å². The Morgan fingerprint density at radius 3 is 2.56 bits per heavy atom. The molecule has 0 spiro atoms. The summed E-state index contributed by atoms with van der Waals surface area (Å²) in [4.78, 5) is 6.02. The zero-order chi connectivity index (χ0) is 13.1. The van der Waals surface area contributed by atoms with Crippen LogP contribution in [-0.2, 0) is 0 Å². The molecule has 0 bridgehead atoms. The van der Waals surface area contributed by atoms with Crippen LogP contribution in [0.3, 0.4) is 0 Å². The second-order valence-electron chi connectivity index (χ2n) is 4.12. The topological polar surface area (TPSA) is 50.9 Å². The van der Waals surface area contributed by atoms with Crippen molar-refractivity contribution in [1.82, 2.24) is 4.98 Å². The largest absolute Gasteiger partial charge is 0.389 e. The molecule has 0 saturated heterocycles. The van der Waals surface area contributed by atoms with Gasteiger partial charge in [-0.15, -0.1) is 11.3 Å². The lowest BCUT2D eigenvalue weighted by Gasteiger charge is -2.13. The van der Waals surface area contributed by atoms with Crippen LogP contribution in [0, 0.1) is 6.92 Å². The Labute approximate surface area is 116 Å². The van der Waals surface area contributed by atoms with Gasteiger partial charge in [-0.2, -0.15) is 0 Å². The number of nitrogens with one attached hydrogen (secondary N) is 1. The molecule has 3 nitrogen and oxygen atoms in total. The molecular weight excluding hydrogens is 262 g/mol. The average Bonchev–Trinajstić information content (AvgIpc) is 2.76. The minimum absolute atomic E-state index is 0.194. The first-order chi connectivity index (χ1) is 8.56. The molecule has 1 atom stereocenters. The highest BCUT2D eigenvalue weighted by Gasteiger charge is 2.09. The van der Waals surface area contributed by atoms with Crippen molar-refractivity contribution in [1.29, 1.82) is 0 Å².